The Morgan fingerprint density at radius 2 is 2.04 bits per heavy atom. The van der Waals surface area contributed by atoms with E-state index < -0.39 is 5.82 Å². The van der Waals surface area contributed by atoms with Gasteiger partial charge in [-0.1, -0.05) is 11.6 Å². The van der Waals surface area contributed by atoms with E-state index in [9.17, 15) is 9.18 Å². The first kappa shape index (κ1) is 18.1. The molecule has 0 aliphatic carbocycles. The Bertz CT molecular complexity index is 1020. The van der Waals surface area contributed by atoms with Crippen molar-refractivity contribution < 1.29 is 9.18 Å². The number of nitrogens with zero attached hydrogens (tertiary/aromatic N) is 3. The molecule has 0 saturated carbocycles. The van der Waals surface area contributed by atoms with Crippen LogP contribution in [0.1, 0.15) is 34.5 Å². The molecule has 0 unspecified atom stereocenters. The van der Waals surface area contributed by atoms with Crippen LogP contribution in [-0.4, -0.2) is 29.0 Å². The lowest BCUT2D eigenvalue weighted by atomic mass is 10.1. The van der Waals surface area contributed by atoms with Crippen LogP contribution in [-0.2, 0) is 0 Å². The van der Waals surface area contributed by atoms with Crippen molar-refractivity contribution in [3.63, 3.8) is 0 Å². The third-order valence-electron chi connectivity index (χ3n) is 4.70. The number of hydrogen-bond acceptors (Lipinski definition) is 5. The van der Waals surface area contributed by atoms with Crippen LogP contribution >= 0.6 is 22.9 Å². The second-order valence-corrected chi connectivity index (χ2v) is 8.15. The number of carbonyl (C=O) groups excluding carboxylic acids is 1. The van der Waals surface area contributed by atoms with Crippen molar-refractivity contribution in [2.75, 3.05) is 23.3 Å². The number of halogens is 2. The number of thiophene rings is 1. The van der Waals surface area contributed by atoms with E-state index in [2.05, 4.69) is 20.2 Å². The quantitative estimate of drug-likeness (QED) is 0.664. The van der Waals surface area contributed by atoms with Gasteiger partial charge in [0.2, 0.25) is 0 Å². The molecular formula is C19H18ClFN4OS. The van der Waals surface area contributed by atoms with Crippen LogP contribution in [0.3, 0.4) is 0 Å². The molecule has 27 heavy (non-hydrogen) atoms. The Kier molecular flexibility index (Phi) is 4.97. The fourth-order valence-corrected chi connectivity index (χ4v) is 4.58. The van der Waals surface area contributed by atoms with Gasteiger partial charge in [0.1, 0.15) is 22.8 Å². The predicted octanol–water partition coefficient (Wildman–Crippen LogP) is 5.03. The van der Waals surface area contributed by atoms with Gasteiger partial charge in [0.05, 0.1) is 16.0 Å². The Labute approximate surface area is 165 Å². The van der Waals surface area contributed by atoms with Gasteiger partial charge in [0.15, 0.2) is 0 Å². The van der Waals surface area contributed by atoms with Crippen molar-refractivity contribution in [2.45, 2.75) is 26.2 Å². The molecule has 1 amide bonds. The number of aromatic nitrogens is 2. The molecule has 0 spiro atoms. The third-order valence-corrected chi connectivity index (χ3v) is 6.01. The summed E-state index contributed by atoms with van der Waals surface area (Å²) in [6, 6.07) is 4.13. The van der Waals surface area contributed by atoms with E-state index >= 15 is 0 Å². The number of carbonyl (C=O) groups is 1. The van der Waals surface area contributed by atoms with Gasteiger partial charge in [0, 0.05) is 23.7 Å². The molecule has 3 aromatic rings. The highest BCUT2D eigenvalue weighted by atomic mass is 35.5. The van der Waals surface area contributed by atoms with Crippen LogP contribution in [0.5, 0.6) is 0 Å². The number of amides is 1. The molecule has 8 heteroatoms. The molecule has 5 nitrogen and oxygen atoms in total. The average Bonchev–Trinajstić information content (AvgIpc) is 3.01. The number of hydrogen-bond donors (Lipinski definition) is 1. The minimum absolute atomic E-state index is 0.0305. The molecule has 0 radical (unpaired) electrons. The van der Waals surface area contributed by atoms with Gasteiger partial charge in [-0.05, 0) is 44.4 Å². The summed E-state index contributed by atoms with van der Waals surface area (Å²) in [7, 11) is 0. The van der Waals surface area contributed by atoms with E-state index in [0.29, 0.717) is 11.3 Å². The Balaban J connectivity index is 1.74. The van der Waals surface area contributed by atoms with Gasteiger partial charge in [-0.2, -0.15) is 0 Å². The first-order chi connectivity index (χ1) is 13.0. The van der Waals surface area contributed by atoms with Crippen molar-refractivity contribution >= 4 is 50.6 Å². The summed E-state index contributed by atoms with van der Waals surface area (Å²) in [5.74, 6) is 0.0217. The maximum Gasteiger partial charge on any atom is 0.257 e. The van der Waals surface area contributed by atoms with E-state index in [4.69, 9.17) is 11.6 Å². The van der Waals surface area contributed by atoms with E-state index in [1.54, 1.807) is 6.33 Å². The maximum absolute atomic E-state index is 13.4. The summed E-state index contributed by atoms with van der Waals surface area (Å²) in [6.07, 6.45) is 5.00. The smallest absolute Gasteiger partial charge is 0.257 e. The minimum atomic E-state index is -0.521. The molecule has 1 fully saturated rings. The van der Waals surface area contributed by atoms with Crippen molar-refractivity contribution in [1.29, 1.82) is 0 Å². The van der Waals surface area contributed by atoms with E-state index in [1.807, 2.05) is 6.92 Å². The zero-order valence-electron chi connectivity index (χ0n) is 14.8. The zero-order chi connectivity index (χ0) is 19.0. The zero-order valence-corrected chi connectivity index (χ0v) is 16.3. The average molecular weight is 405 g/mol. The second-order valence-electron chi connectivity index (χ2n) is 6.54. The number of benzene rings is 1. The van der Waals surface area contributed by atoms with Crippen molar-refractivity contribution in [2.24, 2.45) is 0 Å². The highest BCUT2D eigenvalue weighted by Gasteiger charge is 2.24. The number of piperidine rings is 1. The summed E-state index contributed by atoms with van der Waals surface area (Å²) >= 11 is 7.30. The van der Waals surface area contributed by atoms with Crippen molar-refractivity contribution in [3.8, 4) is 0 Å². The van der Waals surface area contributed by atoms with Gasteiger partial charge in [0.25, 0.3) is 5.91 Å². The summed E-state index contributed by atoms with van der Waals surface area (Å²) in [6.45, 7) is 3.75. The van der Waals surface area contributed by atoms with Crippen LogP contribution < -0.4 is 10.2 Å². The normalized spacial score (nSPS) is 14.6. The van der Waals surface area contributed by atoms with Crippen LogP contribution in [0.15, 0.2) is 24.5 Å². The lowest BCUT2D eigenvalue weighted by Crippen LogP contribution is -2.30. The molecule has 1 aliphatic rings. The number of fused-ring (bicyclic) bond motifs is 1. The van der Waals surface area contributed by atoms with Gasteiger partial charge in [-0.15, -0.1) is 11.3 Å². The molecule has 1 saturated heterocycles. The molecule has 0 atom stereocenters. The van der Waals surface area contributed by atoms with Gasteiger partial charge in [-0.3, -0.25) is 4.79 Å². The monoisotopic (exact) mass is 404 g/mol. The third kappa shape index (κ3) is 3.49. The molecular weight excluding hydrogens is 387 g/mol. The molecule has 2 aromatic heterocycles. The Morgan fingerprint density at radius 3 is 2.78 bits per heavy atom. The Hall–Kier alpha value is -2.25. The highest BCUT2D eigenvalue weighted by molar-refractivity contribution is 7.19. The highest BCUT2D eigenvalue weighted by Crippen LogP contribution is 2.36. The van der Waals surface area contributed by atoms with E-state index in [0.717, 1.165) is 46.8 Å². The molecule has 1 N–H and O–H groups in total. The Morgan fingerprint density at radius 1 is 1.26 bits per heavy atom. The molecule has 140 valence electrons. The van der Waals surface area contributed by atoms with Crippen LogP contribution in [0.25, 0.3) is 10.2 Å². The maximum atomic E-state index is 13.4. The summed E-state index contributed by atoms with van der Waals surface area (Å²) in [4.78, 5) is 25.8. The summed E-state index contributed by atoms with van der Waals surface area (Å²) in [5, 5.41) is 3.57. The molecule has 1 aliphatic heterocycles. The standard InChI is InChI=1S/C19H18ClFN4OS/c1-11-15(18(26)24-12-5-6-14(21)13(20)9-12)16-17(22-10-23-19(16)27-11)25-7-3-2-4-8-25/h5-6,9-10H,2-4,7-8H2,1H3,(H,24,26). The van der Waals surface area contributed by atoms with Crippen LogP contribution in [0.4, 0.5) is 15.9 Å². The van der Waals surface area contributed by atoms with Crippen molar-refractivity contribution in [3.05, 3.63) is 45.8 Å². The summed E-state index contributed by atoms with van der Waals surface area (Å²) in [5.41, 5.74) is 1.01. The topological polar surface area (TPSA) is 58.1 Å². The number of anilines is 2. The van der Waals surface area contributed by atoms with Crippen LogP contribution in [0.2, 0.25) is 5.02 Å². The van der Waals surface area contributed by atoms with E-state index in [-0.39, 0.29) is 10.9 Å². The van der Waals surface area contributed by atoms with Gasteiger partial charge >= 0.3 is 0 Å². The molecule has 3 heterocycles. The van der Waals surface area contributed by atoms with Crippen LogP contribution in [0, 0.1) is 12.7 Å². The minimum Gasteiger partial charge on any atom is -0.356 e. The predicted molar refractivity (Wildman–Crippen MR) is 108 cm³/mol. The number of nitrogens with one attached hydrogen (secondary N) is 1. The first-order valence-electron chi connectivity index (χ1n) is 8.80. The molecule has 0 bridgehead atoms. The molecule has 1 aromatic carbocycles. The van der Waals surface area contributed by atoms with Gasteiger partial charge in [-0.25, -0.2) is 14.4 Å². The van der Waals surface area contributed by atoms with Gasteiger partial charge < -0.3 is 10.2 Å². The first-order valence-corrected chi connectivity index (χ1v) is 9.99. The lowest BCUT2D eigenvalue weighted by molar-refractivity contribution is 0.102. The SMILES string of the molecule is Cc1sc2ncnc(N3CCCCC3)c2c1C(=O)Nc1ccc(F)c(Cl)c1. The fourth-order valence-electron chi connectivity index (χ4n) is 3.42. The number of aryl methyl sites for hydroxylation is 1. The van der Waals surface area contributed by atoms with Crippen molar-refractivity contribution in [1.82, 2.24) is 9.97 Å². The summed E-state index contributed by atoms with van der Waals surface area (Å²) < 4.78 is 13.4. The fraction of sp³-hybridized carbons (Fsp3) is 0.316. The lowest BCUT2D eigenvalue weighted by Gasteiger charge is -2.28. The van der Waals surface area contributed by atoms with E-state index in [1.165, 1.54) is 36.0 Å². The number of rotatable bonds is 3. The largest absolute Gasteiger partial charge is 0.356 e. The second kappa shape index (κ2) is 7.40. The molecule has 4 rings (SSSR count).